The minimum Gasteiger partial charge on any atom is -0.480 e. The molecule has 2 heterocycles. The van der Waals surface area contributed by atoms with Crippen LogP contribution in [0.15, 0.2) is 0 Å². The highest BCUT2D eigenvalue weighted by Crippen LogP contribution is 2.26. The van der Waals surface area contributed by atoms with E-state index in [1.165, 1.54) is 4.90 Å². The van der Waals surface area contributed by atoms with Crippen LogP contribution in [0.5, 0.6) is 0 Å². The number of rotatable bonds is 2. The number of carboxylic acids is 1. The van der Waals surface area contributed by atoms with Crippen LogP contribution in [0.4, 0.5) is 0 Å². The second kappa shape index (κ2) is 4.62. The lowest BCUT2D eigenvalue weighted by Crippen LogP contribution is -2.46. The minimum atomic E-state index is -1.07. The van der Waals surface area contributed by atoms with Crippen LogP contribution in [-0.2, 0) is 14.3 Å². The molecule has 2 N–H and O–H groups in total. The van der Waals surface area contributed by atoms with Crippen LogP contribution in [-0.4, -0.2) is 58.4 Å². The Bertz CT molecular complexity index is 332. The number of aliphatic hydroxyl groups excluding tert-OH is 1. The van der Waals surface area contributed by atoms with Gasteiger partial charge in [0.2, 0.25) is 0 Å². The number of likely N-dealkylation sites (tertiary alicyclic amines) is 1. The lowest BCUT2D eigenvalue weighted by atomic mass is 10.0. The average molecular weight is 243 g/mol. The van der Waals surface area contributed by atoms with Crippen molar-refractivity contribution >= 4 is 11.9 Å². The molecule has 0 aliphatic carbocycles. The van der Waals surface area contributed by atoms with Gasteiger partial charge in [-0.1, -0.05) is 6.92 Å². The number of carbonyl (C=O) groups is 2. The summed E-state index contributed by atoms with van der Waals surface area (Å²) in [5.74, 6) is -1.27. The topological polar surface area (TPSA) is 87.1 Å². The van der Waals surface area contributed by atoms with E-state index in [0.717, 1.165) is 6.42 Å². The Balaban J connectivity index is 2.10. The van der Waals surface area contributed by atoms with Crippen molar-refractivity contribution in [2.75, 3.05) is 13.2 Å². The van der Waals surface area contributed by atoms with E-state index in [1.807, 2.05) is 6.92 Å². The number of aliphatic hydroxyl groups is 1. The van der Waals surface area contributed by atoms with Crippen molar-refractivity contribution in [1.29, 1.82) is 0 Å². The van der Waals surface area contributed by atoms with Gasteiger partial charge in [0.05, 0.1) is 6.10 Å². The van der Waals surface area contributed by atoms with Gasteiger partial charge in [-0.05, 0) is 12.3 Å². The zero-order chi connectivity index (χ0) is 12.6. The molecule has 96 valence electrons. The van der Waals surface area contributed by atoms with E-state index in [9.17, 15) is 14.7 Å². The van der Waals surface area contributed by atoms with Crippen LogP contribution in [0.25, 0.3) is 0 Å². The lowest BCUT2D eigenvalue weighted by Gasteiger charge is -2.25. The molecule has 1 amide bonds. The van der Waals surface area contributed by atoms with Crippen LogP contribution in [0, 0.1) is 5.92 Å². The number of nitrogens with zero attached hydrogens (tertiary/aromatic N) is 1. The van der Waals surface area contributed by atoms with Crippen molar-refractivity contribution < 1.29 is 24.5 Å². The molecule has 6 nitrogen and oxygen atoms in total. The smallest absolute Gasteiger partial charge is 0.326 e. The maximum Gasteiger partial charge on any atom is 0.326 e. The average Bonchev–Trinajstić information content (AvgIpc) is 2.83. The summed E-state index contributed by atoms with van der Waals surface area (Å²) < 4.78 is 5.34. The zero-order valence-corrected chi connectivity index (χ0v) is 9.70. The number of ether oxygens (including phenoxy) is 1. The van der Waals surface area contributed by atoms with E-state index in [1.54, 1.807) is 0 Å². The van der Waals surface area contributed by atoms with Gasteiger partial charge < -0.3 is 19.8 Å². The number of amides is 1. The highest BCUT2D eigenvalue weighted by Gasteiger charge is 2.43. The molecule has 0 spiro atoms. The fraction of sp³-hybridized carbons (Fsp3) is 0.818. The third-order valence-corrected chi connectivity index (χ3v) is 3.48. The standard InChI is InChI=1S/C11H17NO5/c1-6-2-3-17-9(6)10(14)12-5-7(13)4-8(12)11(15)16/h6-9,13H,2-5H2,1H3,(H,15,16)/t6?,7?,8-,9?/m0/s1. The highest BCUT2D eigenvalue weighted by atomic mass is 16.5. The summed E-state index contributed by atoms with van der Waals surface area (Å²) in [6, 6.07) is -0.922. The van der Waals surface area contributed by atoms with Crippen molar-refractivity contribution in [3.63, 3.8) is 0 Å². The number of carboxylic acid groups (broad SMARTS) is 1. The summed E-state index contributed by atoms with van der Waals surface area (Å²) in [7, 11) is 0. The second-order valence-corrected chi connectivity index (χ2v) is 4.79. The Morgan fingerprint density at radius 1 is 1.41 bits per heavy atom. The van der Waals surface area contributed by atoms with E-state index in [4.69, 9.17) is 9.84 Å². The molecule has 17 heavy (non-hydrogen) atoms. The predicted molar refractivity (Wildman–Crippen MR) is 57.3 cm³/mol. The normalized spacial score (nSPS) is 37.4. The van der Waals surface area contributed by atoms with E-state index in [2.05, 4.69) is 0 Å². The largest absolute Gasteiger partial charge is 0.480 e. The molecular formula is C11H17NO5. The molecule has 3 unspecified atom stereocenters. The fourth-order valence-corrected chi connectivity index (χ4v) is 2.47. The Hall–Kier alpha value is -1.14. The van der Waals surface area contributed by atoms with Gasteiger partial charge >= 0.3 is 5.97 Å². The highest BCUT2D eigenvalue weighted by molar-refractivity contribution is 5.87. The van der Waals surface area contributed by atoms with Crippen molar-refractivity contribution in [2.24, 2.45) is 5.92 Å². The Kier molecular flexibility index (Phi) is 3.35. The summed E-state index contributed by atoms with van der Waals surface area (Å²) in [6.45, 7) is 2.53. The van der Waals surface area contributed by atoms with Gasteiger partial charge in [0.15, 0.2) is 0 Å². The molecule has 0 saturated carbocycles. The minimum absolute atomic E-state index is 0.0857. The van der Waals surface area contributed by atoms with Gasteiger partial charge in [-0.15, -0.1) is 0 Å². The summed E-state index contributed by atoms with van der Waals surface area (Å²) >= 11 is 0. The molecule has 0 aromatic carbocycles. The second-order valence-electron chi connectivity index (χ2n) is 4.79. The van der Waals surface area contributed by atoms with Crippen LogP contribution >= 0.6 is 0 Å². The van der Waals surface area contributed by atoms with Crippen LogP contribution in [0.3, 0.4) is 0 Å². The summed E-state index contributed by atoms with van der Waals surface area (Å²) in [6.07, 6.45) is -0.397. The molecule has 6 heteroatoms. The molecule has 0 aromatic rings. The quantitative estimate of drug-likeness (QED) is 0.680. The Morgan fingerprint density at radius 3 is 2.65 bits per heavy atom. The lowest BCUT2D eigenvalue weighted by molar-refractivity contribution is -0.153. The van der Waals surface area contributed by atoms with Gasteiger partial charge in [-0.2, -0.15) is 0 Å². The predicted octanol–water partition coefficient (Wildman–Crippen LogP) is -0.542. The molecule has 2 aliphatic heterocycles. The van der Waals surface area contributed by atoms with E-state index < -0.39 is 24.2 Å². The third kappa shape index (κ3) is 2.28. The summed E-state index contributed by atoms with van der Waals surface area (Å²) in [5, 5.41) is 18.5. The Morgan fingerprint density at radius 2 is 2.12 bits per heavy atom. The van der Waals surface area contributed by atoms with Gasteiger partial charge in [0.1, 0.15) is 12.1 Å². The van der Waals surface area contributed by atoms with Crippen LogP contribution in [0.1, 0.15) is 19.8 Å². The Labute approximate surface area is 99.2 Å². The van der Waals surface area contributed by atoms with Crippen molar-refractivity contribution in [2.45, 2.75) is 38.0 Å². The molecule has 2 fully saturated rings. The van der Waals surface area contributed by atoms with Crippen LogP contribution in [0.2, 0.25) is 0 Å². The molecule has 2 saturated heterocycles. The third-order valence-electron chi connectivity index (χ3n) is 3.48. The fourth-order valence-electron chi connectivity index (χ4n) is 2.47. The number of aliphatic carboxylic acids is 1. The molecule has 0 bridgehead atoms. The SMILES string of the molecule is CC1CCOC1C(=O)N1CC(O)C[C@H]1C(=O)O. The van der Waals surface area contributed by atoms with Crippen molar-refractivity contribution in [1.82, 2.24) is 4.90 Å². The first kappa shape index (κ1) is 12.3. The van der Waals surface area contributed by atoms with Gasteiger partial charge in [0, 0.05) is 19.6 Å². The summed E-state index contributed by atoms with van der Waals surface area (Å²) in [4.78, 5) is 24.4. The van der Waals surface area contributed by atoms with Gasteiger partial charge in [-0.3, -0.25) is 4.79 Å². The first-order valence-electron chi connectivity index (χ1n) is 5.83. The molecule has 2 rings (SSSR count). The van der Waals surface area contributed by atoms with Crippen LogP contribution < -0.4 is 0 Å². The van der Waals surface area contributed by atoms with Gasteiger partial charge in [0.25, 0.3) is 5.91 Å². The maximum absolute atomic E-state index is 12.1. The monoisotopic (exact) mass is 243 g/mol. The van der Waals surface area contributed by atoms with Gasteiger partial charge in [-0.25, -0.2) is 4.79 Å². The molecule has 0 aromatic heterocycles. The number of β-amino-alcohol motifs (C(OH)–C–C–N with tert-alkyl or cyclic N) is 1. The first-order valence-corrected chi connectivity index (χ1v) is 5.83. The molecule has 0 radical (unpaired) electrons. The molecule has 4 atom stereocenters. The van der Waals surface area contributed by atoms with Crippen molar-refractivity contribution in [3.05, 3.63) is 0 Å². The number of hydrogen-bond donors (Lipinski definition) is 2. The van der Waals surface area contributed by atoms with E-state index in [0.29, 0.717) is 6.61 Å². The van der Waals surface area contributed by atoms with E-state index in [-0.39, 0.29) is 24.8 Å². The maximum atomic E-state index is 12.1. The van der Waals surface area contributed by atoms with E-state index >= 15 is 0 Å². The zero-order valence-electron chi connectivity index (χ0n) is 9.70. The summed E-state index contributed by atoms with van der Waals surface area (Å²) in [5.41, 5.74) is 0. The van der Waals surface area contributed by atoms with Crippen molar-refractivity contribution in [3.8, 4) is 0 Å². The number of hydrogen-bond acceptors (Lipinski definition) is 4. The molecule has 2 aliphatic rings. The molecular weight excluding hydrogens is 226 g/mol. The first-order chi connectivity index (χ1) is 8.00. The number of carbonyl (C=O) groups excluding carboxylic acids is 1.